The molecule has 2 aliphatic rings. The number of hydrogen-bond acceptors (Lipinski definition) is 2. The largest absolute Gasteiger partial charge is 0.315 e. The van der Waals surface area contributed by atoms with Crippen LogP contribution in [0.15, 0.2) is 0 Å². The molecule has 0 aliphatic carbocycles. The third kappa shape index (κ3) is 1.93. The second-order valence-corrected chi connectivity index (χ2v) is 5.25. The molecule has 2 unspecified atom stereocenters. The van der Waals surface area contributed by atoms with E-state index in [0.29, 0.717) is 0 Å². The summed E-state index contributed by atoms with van der Waals surface area (Å²) in [6.07, 6.45) is 5.61. The average molecular weight is 280 g/mol. The van der Waals surface area contributed by atoms with Gasteiger partial charge >= 0.3 is 0 Å². The second kappa shape index (κ2) is 4.24. The summed E-state index contributed by atoms with van der Waals surface area (Å²) in [6.45, 7) is 3.78. The molecule has 3 heteroatoms. The molecule has 2 nitrogen and oxygen atoms in total. The number of halogens is 1. The van der Waals surface area contributed by atoms with E-state index in [0.717, 1.165) is 10.1 Å². The van der Waals surface area contributed by atoms with Crippen LogP contribution in [-0.2, 0) is 0 Å². The smallest absolute Gasteiger partial charge is 0.0621 e. The van der Waals surface area contributed by atoms with E-state index in [1.54, 1.807) is 0 Å². The predicted octanol–water partition coefficient (Wildman–Crippen LogP) is 1.60. The van der Waals surface area contributed by atoms with Gasteiger partial charge in [0.1, 0.15) is 0 Å². The highest BCUT2D eigenvalue weighted by Crippen LogP contribution is 2.25. The molecule has 2 aliphatic heterocycles. The SMILES string of the molecule is IC1CCCCN1C1CCNC1. The van der Waals surface area contributed by atoms with Crippen LogP contribution < -0.4 is 5.32 Å². The van der Waals surface area contributed by atoms with Crippen molar-refractivity contribution in [1.82, 2.24) is 10.2 Å². The minimum absolute atomic E-state index is 0.807. The number of nitrogens with zero attached hydrogens (tertiary/aromatic N) is 1. The molecule has 0 saturated carbocycles. The molecule has 2 fully saturated rings. The Kier molecular flexibility index (Phi) is 3.26. The third-order valence-electron chi connectivity index (χ3n) is 2.97. The summed E-state index contributed by atoms with van der Waals surface area (Å²) in [4.78, 5) is 2.70. The zero-order valence-corrected chi connectivity index (χ0v) is 9.59. The molecule has 0 radical (unpaired) electrons. The molecular formula is C9H17IN2. The first-order valence-corrected chi connectivity index (χ1v) is 6.23. The first-order valence-electron chi connectivity index (χ1n) is 4.98. The Balaban J connectivity index is 1.91. The number of alkyl halides is 1. The summed E-state index contributed by atoms with van der Waals surface area (Å²) in [5.74, 6) is 0. The zero-order valence-electron chi connectivity index (χ0n) is 7.43. The topological polar surface area (TPSA) is 15.3 Å². The molecule has 0 aromatic rings. The molecule has 1 N–H and O–H groups in total. The zero-order chi connectivity index (χ0) is 8.39. The van der Waals surface area contributed by atoms with Crippen LogP contribution in [0, 0.1) is 0 Å². The lowest BCUT2D eigenvalue weighted by atomic mass is 10.1. The third-order valence-corrected chi connectivity index (χ3v) is 4.31. The number of hydrogen-bond donors (Lipinski definition) is 1. The fourth-order valence-corrected chi connectivity index (χ4v) is 3.42. The van der Waals surface area contributed by atoms with Crippen molar-refractivity contribution in [3.63, 3.8) is 0 Å². The minimum atomic E-state index is 0.807. The van der Waals surface area contributed by atoms with Crippen molar-refractivity contribution < 1.29 is 0 Å². The number of piperidine rings is 1. The van der Waals surface area contributed by atoms with Crippen LogP contribution in [0.1, 0.15) is 25.7 Å². The molecule has 2 rings (SSSR count). The van der Waals surface area contributed by atoms with E-state index in [9.17, 15) is 0 Å². The van der Waals surface area contributed by atoms with E-state index in [1.807, 2.05) is 0 Å². The first-order chi connectivity index (χ1) is 5.88. The second-order valence-electron chi connectivity index (χ2n) is 3.81. The van der Waals surface area contributed by atoms with Gasteiger partial charge in [-0.25, -0.2) is 0 Å². The van der Waals surface area contributed by atoms with Gasteiger partial charge in [0, 0.05) is 12.6 Å². The lowest BCUT2D eigenvalue weighted by molar-refractivity contribution is 0.162. The van der Waals surface area contributed by atoms with Crippen LogP contribution in [0.25, 0.3) is 0 Å². The van der Waals surface area contributed by atoms with E-state index < -0.39 is 0 Å². The van der Waals surface area contributed by atoms with E-state index in [2.05, 4.69) is 32.8 Å². The van der Waals surface area contributed by atoms with Crippen molar-refractivity contribution in [3.8, 4) is 0 Å². The van der Waals surface area contributed by atoms with Gasteiger partial charge < -0.3 is 5.32 Å². The van der Waals surface area contributed by atoms with Crippen molar-refractivity contribution in [2.75, 3.05) is 19.6 Å². The molecule has 12 heavy (non-hydrogen) atoms. The Bertz CT molecular complexity index is 145. The van der Waals surface area contributed by atoms with E-state index in [4.69, 9.17) is 0 Å². The van der Waals surface area contributed by atoms with Crippen molar-refractivity contribution in [2.45, 2.75) is 35.8 Å². The van der Waals surface area contributed by atoms with E-state index in [-0.39, 0.29) is 0 Å². The van der Waals surface area contributed by atoms with Gasteiger partial charge in [-0.05, 0) is 38.8 Å². The minimum Gasteiger partial charge on any atom is -0.315 e. The van der Waals surface area contributed by atoms with Crippen LogP contribution in [0.2, 0.25) is 0 Å². The van der Waals surface area contributed by atoms with Crippen molar-refractivity contribution in [3.05, 3.63) is 0 Å². The van der Waals surface area contributed by atoms with Gasteiger partial charge in [-0.3, -0.25) is 4.90 Å². The molecule has 0 aromatic carbocycles. The summed E-state index contributed by atoms with van der Waals surface area (Å²) >= 11 is 2.61. The predicted molar refractivity (Wildman–Crippen MR) is 59.6 cm³/mol. The molecule has 2 saturated heterocycles. The highest BCUT2D eigenvalue weighted by atomic mass is 127. The molecule has 70 valence electrons. The van der Waals surface area contributed by atoms with Gasteiger partial charge in [0.2, 0.25) is 0 Å². The van der Waals surface area contributed by atoms with Gasteiger partial charge in [-0.2, -0.15) is 0 Å². The summed E-state index contributed by atoms with van der Waals surface area (Å²) in [6, 6.07) is 0.840. The maximum absolute atomic E-state index is 3.45. The van der Waals surface area contributed by atoms with Crippen molar-refractivity contribution >= 4 is 22.6 Å². The van der Waals surface area contributed by atoms with Gasteiger partial charge in [-0.15, -0.1) is 0 Å². The summed E-state index contributed by atoms with van der Waals surface area (Å²) in [5, 5.41) is 3.45. The van der Waals surface area contributed by atoms with Gasteiger partial charge in [0.15, 0.2) is 0 Å². The van der Waals surface area contributed by atoms with E-state index >= 15 is 0 Å². The fraction of sp³-hybridized carbons (Fsp3) is 1.00. The average Bonchev–Trinajstić information content (AvgIpc) is 2.57. The lowest BCUT2D eigenvalue weighted by Crippen LogP contribution is -2.44. The number of nitrogens with one attached hydrogen (secondary N) is 1. The van der Waals surface area contributed by atoms with Crippen molar-refractivity contribution in [1.29, 1.82) is 0 Å². The first kappa shape index (κ1) is 9.21. The summed E-state index contributed by atoms with van der Waals surface area (Å²) in [5.41, 5.74) is 0. The molecule has 0 spiro atoms. The maximum atomic E-state index is 3.45. The highest BCUT2D eigenvalue weighted by molar-refractivity contribution is 14.1. The van der Waals surface area contributed by atoms with Gasteiger partial charge in [0.05, 0.1) is 4.05 Å². The molecule has 0 aromatic heterocycles. The number of rotatable bonds is 1. The summed E-state index contributed by atoms with van der Waals surface area (Å²) < 4.78 is 0.807. The van der Waals surface area contributed by atoms with Crippen LogP contribution >= 0.6 is 22.6 Å². The quantitative estimate of drug-likeness (QED) is 0.446. The lowest BCUT2D eigenvalue weighted by Gasteiger charge is -2.36. The monoisotopic (exact) mass is 280 g/mol. The standard InChI is InChI=1S/C9H17IN2/c10-9-3-1-2-6-12(9)8-4-5-11-7-8/h8-9,11H,1-7H2. The van der Waals surface area contributed by atoms with Gasteiger partial charge in [0.25, 0.3) is 0 Å². The highest BCUT2D eigenvalue weighted by Gasteiger charge is 2.28. The van der Waals surface area contributed by atoms with E-state index in [1.165, 1.54) is 45.3 Å². The number of likely N-dealkylation sites (tertiary alicyclic amines) is 1. The van der Waals surface area contributed by atoms with Gasteiger partial charge in [-0.1, -0.05) is 22.6 Å². The Labute approximate surface area is 88.2 Å². The van der Waals surface area contributed by atoms with Crippen LogP contribution in [0.3, 0.4) is 0 Å². The normalized spacial score (nSPS) is 38.8. The molecule has 2 atom stereocenters. The summed E-state index contributed by atoms with van der Waals surface area (Å²) in [7, 11) is 0. The molecule has 0 bridgehead atoms. The van der Waals surface area contributed by atoms with Crippen LogP contribution in [-0.4, -0.2) is 34.6 Å². The Hall–Kier alpha value is 0.650. The van der Waals surface area contributed by atoms with Crippen LogP contribution in [0.4, 0.5) is 0 Å². The molecular weight excluding hydrogens is 263 g/mol. The molecule has 2 heterocycles. The van der Waals surface area contributed by atoms with Crippen LogP contribution in [0.5, 0.6) is 0 Å². The van der Waals surface area contributed by atoms with Crippen molar-refractivity contribution in [2.24, 2.45) is 0 Å². The Morgan fingerprint density at radius 3 is 2.83 bits per heavy atom. The maximum Gasteiger partial charge on any atom is 0.0621 e. The Morgan fingerprint density at radius 2 is 2.17 bits per heavy atom. The molecule has 0 amide bonds. The Morgan fingerprint density at radius 1 is 1.25 bits per heavy atom. The fourth-order valence-electron chi connectivity index (χ4n) is 2.25.